The lowest BCUT2D eigenvalue weighted by Gasteiger charge is -2.34. The monoisotopic (exact) mass is 471 g/mol. The van der Waals surface area contributed by atoms with Crippen molar-refractivity contribution in [1.82, 2.24) is 19.8 Å². The molecule has 8 nitrogen and oxygen atoms in total. The van der Waals surface area contributed by atoms with E-state index in [1.165, 1.54) is 23.9 Å². The van der Waals surface area contributed by atoms with Gasteiger partial charge in [-0.1, -0.05) is 17.8 Å². The van der Waals surface area contributed by atoms with E-state index in [-0.39, 0.29) is 24.1 Å². The average Bonchev–Trinajstić information content (AvgIpc) is 3.20. The highest BCUT2D eigenvalue weighted by molar-refractivity contribution is 7.99. The standard InChI is InChI=1S/C23H26FN5O3S/c1-2-32-18-6-7-19-20(13-18)27-23(26-19)33-15-22(31)29-10-8-28(9-11-29)14-21(30)25-17-5-3-4-16(24)12-17/h3-7,12-13H,2,8-11,14-15H2,1H3,(H,25,30)(H,26,27). The largest absolute Gasteiger partial charge is 0.494 e. The Kier molecular flexibility index (Phi) is 7.46. The first kappa shape index (κ1) is 23.1. The second-order valence-corrected chi connectivity index (χ2v) is 8.62. The lowest BCUT2D eigenvalue weighted by molar-refractivity contribution is -0.130. The molecule has 0 bridgehead atoms. The Labute approximate surface area is 195 Å². The molecule has 174 valence electrons. The van der Waals surface area contributed by atoms with E-state index in [0.717, 1.165) is 16.8 Å². The summed E-state index contributed by atoms with van der Waals surface area (Å²) in [5.74, 6) is 0.519. The van der Waals surface area contributed by atoms with Crippen molar-refractivity contribution in [2.75, 3.05) is 50.4 Å². The lowest BCUT2D eigenvalue weighted by Crippen LogP contribution is -2.50. The Bertz CT molecular complexity index is 1130. The Hall–Kier alpha value is -3.11. The number of H-pyrrole nitrogens is 1. The molecule has 1 aromatic heterocycles. The van der Waals surface area contributed by atoms with Crippen LogP contribution in [0.1, 0.15) is 6.92 Å². The number of benzene rings is 2. The molecule has 0 saturated carbocycles. The van der Waals surface area contributed by atoms with Gasteiger partial charge in [-0.2, -0.15) is 0 Å². The highest BCUT2D eigenvalue weighted by Gasteiger charge is 2.23. The maximum absolute atomic E-state index is 13.3. The summed E-state index contributed by atoms with van der Waals surface area (Å²) in [7, 11) is 0. The van der Waals surface area contributed by atoms with Crippen molar-refractivity contribution in [3.8, 4) is 5.75 Å². The lowest BCUT2D eigenvalue weighted by atomic mass is 10.3. The minimum absolute atomic E-state index is 0.0410. The number of hydrogen-bond acceptors (Lipinski definition) is 6. The molecular weight excluding hydrogens is 445 g/mol. The van der Waals surface area contributed by atoms with Crippen LogP contribution in [0.15, 0.2) is 47.6 Å². The van der Waals surface area contributed by atoms with Crippen molar-refractivity contribution >= 4 is 40.3 Å². The van der Waals surface area contributed by atoms with Gasteiger partial charge in [-0.3, -0.25) is 14.5 Å². The number of aromatic amines is 1. The summed E-state index contributed by atoms with van der Waals surface area (Å²) in [6.45, 7) is 5.08. The number of anilines is 1. The molecule has 2 amide bonds. The summed E-state index contributed by atoms with van der Waals surface area (Å²) in [5, 5.41) is 3.40. The van der Waals surface area contributed by atoms with Gasteiger partial charge in [0.15, 0.2) is 5.16 Å². The highest BCUT2D eigenvalue weighted by atomic mass is 32.2. The number of halogens is 1. The quantitative estimate of drug-likeness (QED) is 0.491. The molecular formula is C23H26FN5O3S. The summed E-state index contributed by atoms with van der Waals surface area (Å²) in [6, 6.07) is 11.5. The van der Waals surface area contributed by atoms with Crippen molar-refractivity contribution in [2.45, 2.75) is 12.1 Å². The summed E-state index contributed by atoms with van der Waals surface area (Å²) in [5.41, 5.74) is 2.14. The van der Waals surface area contributed by atoms with Crippen LogP contribution < -0.4 is 10.1 Å². The number of carbonyl (C=O) groups is 2. The first-order chi connectivity index (χ1) is 16.0. The molecule has 0 aliphatic carbocycles. The molecule has 0 spiro atoms. The number of imidazole rings is 1. The first-order valence-corrected chi connectivity index (χ1v) is 11.8. The van der Waals surface area contributed by atoms with Crippen LogP contribution in [0.2, 0.25) is 0 Å². The molecule has 1 aliphatic heterocycles. The van der Waals surface area contributed by atoms with Crippen molar-refractivity contribution in [3.63, 3.8) is 0 Å². The first-order valence-electron chi connectivity index (χ1n) is 10.8. The zero-order valence-corrected chi connectivity index (χ0v) is 19.2. The second kappa shape index (κ2) is 10.7. The van der Waals surface area contributed by atoms with E-state index in [1.807, 2.05) is 34.9 Å². The smallest absolute Gasteiger partial charge is 0.238 e. The van der Waals surface area contributed by atoms with Gasteiger partial charge in [-0.25, -0.2) is 9.37 Å². The third-order valence-electron chi connectivity index (χ3n) is 5.28. The molecule has 1 fully saturated rings. The van der Waals surface area contributed by atoms with Gasteiger partial charge >= 0.3 is 0 Å². The summed E-state index contributed by atoms with van der Waals surface area (Å²) >= 11 is 1.37. The summed E-state index contributed by atoms with van der Waals surface area (Å²) in [4.78, 5) is 36.4. The number of rotatable bonds is 8. The van der Waals surface area contributed by atoms with E-state index in [2.05, 4.69) is 15.3 Å². The number of nitrogens with zero attached hydrogens (tertiary/aromatic N) is 3. The molecule has 2 heterocycles. The van der Waals surface area contributed by atoms with Crippen LogP contribution in [-0.4, -0.2) is 76.7 Å². The zero-order chi connectivity index (χ0) is 23.2. The highest BCUT2D eigenvalue weighted by Crippen LogP contribution is 2.23. The van der Waals surface area contributed by atoms with Crippen molar-refractivity contribution in [1.29, 1.82) is 0 Å². The molecule has 10 heteroatoms. The van der Waals surface area contributed by atoms with E-state index in [1.54, 1.807) is 12.1 Å². The molecule has 2 aromatic carbocycles. The van der Waals surface area contributed by atoms with E-state index < -0.39 is 5.82 Å². The number of hydrogen-bond donors (Lipinski definition) is 2. The topological polar surface area (TPSA) is 90.6 Å². The maximum Gasteiger partial charge on any atom is 0.238 e. The fourth-order valence-corrected chi connectivity index (χ4v) is 4.42. The minimum atomic E-state index is -0.393. The molecule has 0 unspecified atom stereocenters. The number of carbonyl (C=O) groups excluding carboxylic acids is 2. The van der Waals surface area contributed by atoms with Gasteiger partial charge in [-0.15, -0.1) is 0 Å². The predicted molar refractivity (Wildman–Crippen MR) is 126 cm³/mol. The number of nitrogens with one attached hydrogen (secondary N) is 2. The van der Waals surface area contributed by atoms with Crippen molar-refractivity contribution in [3.05, 3.63) is 48.3 Å². The van der Waals surface area contributed by atoms with Gasteiger partial charge < -0.3 is 19.9 Å². The van der Waals surface area contributed by atoms with Gasteiger partial charge in [0.05, 0.1) is 29.9 Å². The van der Waals surface area contributed by atoms with E-state index in [0.29, 0.717) is 43.6 Å². The number of thioether (sulfide) groups is 1. The Balaban J connectivity index is 1.21. The van der Waals surface area contributed by atoms with Crippen LogP contribution in [0.25, 0.3) is 11.0 Å². The number of aromatic nitrogens is 2. The summed E-state index contributed by atoms with van der Waals surface area (Å²) in [6.07, 6.45) is 0. The molecule has 3 aromatic rings. The van der Waals surface area contributed by atoms with Crippen LogP contribution in [-0.2, 0) is 9.59 Å². The second-order valence-electron chi connectivity index (χ2n) is 7.66. The number of amides is 2. The SMILES string of the molecule is CCOc1ccc2nc(SCC(=O)N3CCN(CC(=O)Nc4cccc(F)c4)CC3)[nH]c2c1. The van der Waals surface area contributed by atoms with Gasteiger partial charge in [-0.05, 0) is 37.3 Å². The molecule has 1 saturated heterocycles. The van der Waals surface area contributed by atoms with E-state index in [4.69, 9.17) is 4.74 Å². The van der Waals surface area contributed by atoms with Crippen LogP contribution in [0.3, 0.4) is 0 Å². The van der Waals surface area contributed by atoms with Gasteiger partial charge in [0.1, 0.15) is 11.6 Å². The fraction of sp³-hybridized carbons (Fsp3) is 0.348. The van der Waals surface area contributed by atoms with Crippen LogP contribution in [0, 0.1) is 5.82 Å². The fourth-order valence-electron chi connectivity index (χ4n) is 3.64. The third-order valence-corrected chi connectivity index (χ3v) is 6.13. The van der Waals surface area contributed by atoms with Crippen molar-refractivity contribution < 1.29 is 18.7 Å². The van der Waals surface area contributed by atoms with Gasteiger partial charge in [0, 0.05) is 37.9 Å². The Morgan fingerprint density at radius 2 is 2.00 bits per heavy atom. The molecule has 2 N–H and O–H groups in total. The predicted octanol–water partition coefficient (Wildman–Crippen LogP) is 2.98. The van der Waals surface area contributed by atoms with Crippen LogP contribution in [0.4, 0.5) is 10.1 Å². The average molecular weight is 472 g/mol. The zero-order valence-electron chi connectivity index (χ0n) is 18.3. The normalized spacial score (nSPS) is 14.4. The molecule has 33 heavy (non-hydrogen) atoms. The Morgan fingerprint density at radius 1 is 1.18 bits per heavy atom. The van der Waals surface area contributed by atoms with Gasteiger partial charge in [0.25, 0.3) is 0 Å². The molecule has 0 atom stereocenters. The number of fused-ring (bicyclic) bond motifs is 1. The van der Waals surface area contributed by atoms with Gasteiger partial charge in [0.2, 0.25) is 11.8 Å². The van der Waals surface area contributed by atoms with Crippen LogP contribution >= 0.6 is 11.8 Å². The number of piperazine rings is 1. The molecule has 4 rings (SSSR count). The molecule has 0 radical (unpaired) electrons. The summed E-state index contributed by atoms with van der Waals surface area (Å²) < 4.78 is 18.8. The maximum atomic E-state index is 13.3. The van der Waals surface area contributed by atoms with E-state index >= 15 is 0 Å². The van der Waals surface area contributed by atoms with Crippen molar-refractivity contribution in [2.24, 2.45) is 0 Å². The molecule has 1 aliphatic rings. The van der Waals surface area contributed by atoms with Crippen LogP contribution in [0.5, 0.6) is 5.75 Å². The minimum Gasteiger partial charge on any atom is -0.494 e. The van der Waals surface area contributed by atoms with E-state index in [9.17, 15) is 14.0 Å². The number of ether oxygens (including phenoxy) is 1. The Morgan fingerprint density at radius 3 is 2.76 bits per heavy atom. The third kappa shape index (κ3) is 6.23.